The van der Waals surface area contributed by atoms with Crippen molar-refractivity contribution in [2.75, 3.05) is 0 Å². The predicted molar refractivity (Wildman–Crippen MR) is 92.0 cm³/mol. The molecule has 23 heavy (non-hydrogen) atoms. The third kappa shape index (κ3) is 4.20. The fraction of sp³-hybridized carbons (Fsp3) is 0.111. The van der Waals surface area contributed by atoms with Crippen LogP contribution in [0.3, 0.4) is 0 Å². The molecule has 0 unspecified atom stereocenters. The Hall–Kier alpha value is -3.08. The largest absolute Gasteiger partial charge is 0.508 e. The fourth-order valence-electron chi connectivity index (χ4n) is 2.19. The van der Waals surface area contributed by atoms with Crippen LogP contribution in [0.4, 0.5) is 0 Å². The van der Waals surface area contributed by atoms with Crippen molar-refractivity contribution in [1.82, 2.24) is 5.32 Å². The fourth-order valence-corrected chi connectivity index (χ4v) is 2.19. The number of carbonyl (C=O) groups is 1. The number of hydrogen-bond donors (Lipinski definition) is 4. The van der Waals surface area contributed by atoms with Gasteiger partial charge in [-0.15, -0.1) is 0 Å². The summed E-state index contributed by atoms with van der Waals surface area (Å²) in [6, 6.07) is 12.9. The van der Waals surface area contributed by atoms with Crippen molar-refractivity contribution in [1.29, 1.82) is 5.41 Å². The molecule has 0 aliphatic heterocycles. The zero-order valence-corrected chi connectivity index (χ0v) is 13.1. The number of hydrogen-bond acceptors (Lipinski definition) is 3. The number of amides is 1. The first kappa shape index (κ1) is 16.3. The molecule has 0 aromatic heterocycles. The zero-order valence-electron chi connectivity index (χ0n) is 13.1. The van der Waals surface area contributed by atoms with Crippen LogP contribution in [0, 0.1) is 12.3 Å². The molecule has 0 heterocycles. The first-order chi connectivity index (χ1) is 10.9. The van der Waals surface area contributed by atoms with Gasteiger partial charge in [-0.25, -0.2) is 0 Å². The van der Waals surface area contributed by atoms with Gasteiger partial charge in [-0.05, 0) is 54.3 Å². The van der Waals surface area contributed by atoms with Gasteiger partial charge in [-0.2, -0.15) is 0 Å². The smallest absolute Gasteiger partial charge is 0.253 e. The molecule has 0 aliphatic carbocycles. The maximum atomic E-state index is 11.8. The van der Waals surface area contributed by atoms with Crippen molar-refractivity contribution in [3.63, 3.8) is 0 Å². The topological polar surface area (TPSA) is 99.2 Å². The van der Waals surface area contributed by atoms with Crippen molar-refractivity contribution >= 4 is 17.9 Å². The highest BCUT2D eigenvalue weighted by Crippen LogP contribution is 2.25. The lowest BCUT2D eigenvalue weighted by Gasteiger charge is -2.08. The highest BCUT2D eigenvalue weighted by atomic mass is 16.3. The van der Waals surface area contributed by atoms with E-state index in [-0.39, 0.29) is 17.6 Å². The summed E-state index contributed by atoms with van der Waals surface area (Å²) >= 11 is 0. The van der Waals surface area contributed by atoms with Gasteiger partial charge in [0.1, 0.15) is 5.75 Å². The van der Waals surface area contributed by atoms with Crippen LogP contribution in [0.5, 0.6) is 5.75 Å². The quantitative estimate of drug-likeness (QED) is 0.398. The van der Waals surface area contributed by atoms with E-state index in [0.29, 0.717) is 5.57 Å². The molecule has 2 rings (SSSR count). The van der Waals surface area contributed by atoms with Gasteiger partial charge in [0.2, 0.25) is 0 Å². The minimum Gasteiger partial charge on any atom is -0.508 e. The molecular formula is C18H19N3O2. The van der Waals surface area contributed by atoms with Crippen molar-refractivity contribution in [2.45, 2.75) is 13.8 Å². The number of benzene rings is 2. The second-order valence-corrected chi connectivity index (χ2v) is 5.31. The molecule has 5 heteroatoms. The zero-order chi connectivity index (χ0) is 17.0. The van der Waals surface area contributed by atoms with Gasteiger partial charge in [-0.3, -0.25) is 15.5 Å². The van der Waals surface area contributed by atoms with Crippen LogP contribution in [0.25, 0.3) is 17.2 Å². The molecule has 2 aromatic rings. The van der Waals surface area contributed by atoms with Crippen LogP contribution in [0.1, 0.15) is 18.1 Å². The summed E-state index contributed by atoms with van der Waals surface area (Å²) in [4.78, 5) is 11.8. The number of guanidine groups is 1. The first-order valence-electron chi connectivity index (χ1n) is 7.10. The van der Waals surface area contributed by atoms with Crippen molar-refractivity contribution < 1.29 is 9.90 Å². The molecule has 2 aromatic carbocycles. The third-order valence-electron chi connectivity index (χ3n) is 3.45. The molecule has 118 valence electrons. The molecule has 5 N–H and O–H groups in total. The van der Waals surface area contributed by atoms with Gasteiger partial charge in [-0.1, -0.05) is 30.3 Å². The monoisotopic (exact) mass is 309 g/mol. The average molecular weight is 309 g/mol. The molecule has 0 saturated carbocycles. The Morgan fingerprint density at radius 1 is 1.17 bits per heavy atom. The highest BCUT2D eigenvalue weighted by Gasteiger charge is 2.07. The number of aromatic hydroxyl groups is 1. The van der Waals surface area contributed by atoms with Crippen molar-refractivity contribution in [3.8, 4) is 16.9 Å². The summed E-state index contributed by atoms with van der Waals surface area (Å²) < 4.78 is 0. The summed E-state index contributed by atoms with van der Waals surface area (Å²) in [5, 5.41) is 18.7. The maximum absolute atomic E-state index is 11.8. The average Bonchev–Trinajstić information content (AvgIpc) is 2.49. The van der Waals surface area contributed by atoms with Gasteiger partial charge in [0.25, 0.3) is 5.91 Å². The van der Waals surface area contributed by atoms with Crippen LogP contribution in [0.2, 0.25) is 0 Å². The maximum Gasteiger partial charge on any atom is 0.253 e. The second kappa shape index (κ2) is 6.79. The minimum absolute atomic E-state index is 0.233. The lowest BCUT2D eigenvalue weighted by molar-refractivity contribution is -0.116. The lowest BCUT2D eigenvalue weighted by atomic mass is 9.98. The van der Waals surface area contributed by atoms with Gasteiger partial charge in [0.05, 0.1) is 0 Å². The Labute approximate surface area is 135 Å². The molecule has 0 aliphatic rings. The molecule has 0 spiro atoms. The number of phenolic OH excluding ortho intramolecular Hbond substituents is 1. The van der Waals surface area contributed by atoms with Crippen LogP contribution in [-0.4, -0.2) is 17.0 Å². The van der Waals surface area contributed by atoms with E-state index in [1.165, 1.54) is 0 Å². The standard InChI is InChI=1S/C18H19N3O2/c1-11-9-15(13-5-7-16(22)8-6-13)4-3-14(11)10-12(2)17(23)21-18(19)20/h3-10,22H,1-2H3,(H4,19,20,21,23)/b12-10+. The van der Waals surface area contributed by atoms with E-state index in [1.54, 1.807) is 25.1 Å². The Morgan fingerprint density at radius 2 is 1.78 bits per heavy atom. The summed E-state index contributed by atoms with van der Waals surface area (Å²) in [6.07, 6.45) is 1.76. The number of carbonyl (C=O) groups excluding carboxylic acids is 1. The molecular weight excluding hydrogens is 290 g/mol. The van der Waals surface area contributed by atoms with E-state index in [9.17, 15) is 9.90 Å². The normalized spacial score (nSPS) is 11.1. The predicted octanol–water partition coefficient (Wildman–Crippen LogP) is 2.78. The van der Waals surface area contributed by atoms with Gasteiger partial charge in [0.15, 0.2) is 5.96 Å². The summed E-state index contributed by atoms with van der Waals surface area (Å²) in [5.41, 5.74) is 9.61. The molecule has 1 amide bonds. The van der Waals surface area contributed by atoms with Crippen molar-refractivity contribution in [3.05, 3.63) is 59.2 Å². The van der Waals surface area contributed by atoms with Gasteiger partial charge < -0.3 is 10.8 Å². The first-order valence-corrected chi connectivity index (χ1v) is 7.10. The minimum atomic E-state index is -0.389. The van der Waals surface area contributed by atoms with E-state index in [0.717, 1.165) is 22.3 Å². The molecule has 0 radical (unpaired) electrons. The van der Waals surface area contributed by atoms with Crippen LogP contribution in [-0.2, 0) is 4.79 Å². The number of nitrogens with one attached hydrogen (secondary N) is 2. The molecule has 0 atom stereocenters. The van der Waals surface area contributed by atoms with Crippen LogP contribution in [0.15, 0.2) is 48.0 Å². The second-order valence-electron chi connectivity index (χ2n) is 5.31. The SMILES string of the molecule is C/C(=C\c1ccc(-c2ccc(O)cc2)cc1C)C(=O)NC(=N)N. The highest BCUT2D eigenvalue weighted by molar-refractivity contribution is 6.06. The number of nitrogens with two attached hydrogens (primary N) is 1. The Bertz CT molecular complexity index is 777. The van der Waals surface area contributed by atoms with E-state index in [2.05, 4.69) is 5.32 Å². The molecule has 0 bridgehead atoms. The number of phenols is 1. The van der Waals surface area contributed by atoms with Crippen LogP contribution < -0.4 is 11.1 Å². The van der Waals surface area contributed by atoms with Crippen LogP contribution >= 0.6 is 0 Å². The molecule has 5 nitrogen and oxygen atoms in total. The molecule has 0 fully saturated rings. The molecule has 0 saturated heterocycles. The Morgan fingerprint density at radius 3 is 2.35 bits per heavy atom. The van der Waals surface area contributed by atoms with Crippen molar-refractivity contribution in [2.24, 2.45) is 5.73 Å². The van der Waals surface area contributed by atoms with E-state index < -0.39 is 0 Å². The summed E-state index contributed by atoms with van der Waals surface area (Å²) in [6.45, 7) is 3.64. The van der Waals surface area contributed by atoms with E-state index in [4.69, 9.17) is 11.1 Å². The summed E-state index contributed by atoms with van der Waals surface area (Å²) in [5.74, 6) is -0.529. The third-order valence-corrected chi connectivity index (χ3v) is 3.45. The summed E-state index contributed by atoms with van der Waals surface area (Å²) in [7, 11) is 0. The Balaban J connectivity index is 2.27. The lowest BCUT2D eigenvalue weighted by Crippen LogP contribution is -2.36. The number of rotatable bonds is 3. The van der Waals surface area contributed by atoms with Gasteiger partial charge >= 0.3 is 0 Å². The Kier molecular flexibility index (Phi) is 4.81. The van der Waals surface area contributed by atoms with Gasteiger partial charge in [0, 0.05) is 5.57 Å². The van der Waals surface area contributed by atoms with E-state index >= 15 is 0 Å². The number of aryl methyl sites for hydroxylation is 1. The van der Waals surface area contributed by atoms with E-state index in [1.807, 2.05) is 37.3 Å².